The van der Waals surface area contributed by atoms with E-state index in [0.29, 0.717) is 41.8 Å². The molecule has 1 aliphatic heterocycles. The van der Waals surface area contributed by atoms with E-state index in [2.05, 4.69) is 0 Å². The molecule has 2 aromatic carbocycles. The van der Waals surface area contributed by atoms with Crippen LogP contribution in [0.2, 0.25) is 5.02 Å². The number of amides is 1. The number of halogens is 1. The quantitative estimate of drug-likeness (QED) is 0.692. The molecule has 1 heterocycles. The normalized spacial score (nSPS) is 16.7. The van der Waals surface area contributed by atoms with Gasteiger partial charge < -0.3 is 4.90 Å². The molecule has 150 valence electrons. The lowest BCUT2D eigenvalue weighted by molar-refractivity contribution is -0.131. The lowest BCUT2D eigenvalue weighted by Crippen LogP contribution is -2.52. The molecule has 0 aromatic heterocycles. The molecule has 0 saturated carbocycles. The Morgan fingerprint density at radius 3 is 2.39 bits per heavy atom. The molecule has 0 N–H and O–H groups in total. The summed E-state index contributed by atoms with van der Waals surface area (Å²) in [4.78, 5) is 14.8. The van der Waals surface area contributed by atoms with Gasteiger partial charge in [-0.1, -0.05) is 41.9 Å². The van der Waals surface area contributed by atoms with E-state index in [9.17, 15) is 13.2 Å². The molecule has 5 nitrogen and oxygen atoms in total. The Balaban J connectivity index is 1.53. The van der Waals surface area contributed by atoms with Crippen LogP contribution >= 0.6 is 23.4 Å². The number of benzene rings is 2. The highest BCUT2D eigenvalue weighted by molar-refractivity contribution is 7.99. The second-order valence-corrected chi connectivity index (χ2v) is 10.3. The SMILES string of the molecule is C[C@@H](SCc1cccc(Cl)c1)C(=O)N1CCN(S(=O)(=O)c2ccccc2)CC1. The van der Waals surface area contributed by atoms with Crippen molar-refractivity contribution in [1.82, 2.24) is 9.21 Å². The molecule has 0 unspecified atom stereocenters. The van der Waals surface area contributed by atoms with Crippen molar-refractivity contribution in [2.45, 2.75) is 22.8 Å². The van der Waals surface area contributed by atoms with Gasteiger partial charge in [0.15, 0.2) is 0 Å². The number of sulfonamides is 1. The monoisotopic (exact) mass is 438 g/mol. The first-order chi connectivity index (χ1) is 13.4. The van der Waals surface area contributed by atoms with Crippen LogP contribution in [-0.2, 0) is 20.6 Å². The summed E-state index contributed by atoms with van der Waals surface area (Å²) in [5.74, 6) is 0.749. The van der Waals surface area contributed by atoms with E-state index in [0.717, 1.165) is 5.56 Å². The summed E-state index contributed by atoms with van der Waals surface area (Å²) >= 11 is 7.56. The second kappa shape index (κ2) is 9.31. The topological polar surface area (TPSA) is 57.7 Å². The fourth-order valence-corrected chi connectivity index (χ4v) is 5.64. The van der Waals surface area contributed by atoms with E-state index in [1.807, 2.05) is 31.2 Å². The van der Waals surface area contributed by atoms with Crippen molar-refractivity contribution in [1.29, 1.82) is 0 Å². The number of hydrogen-bond donors (Lipinski definition) is 0. The Hall–Kier alpha value is -1.54. The summed E-state index contributed by atoms with van der Waals surface area (Å²) in [6, 6.07) is 16.0. The number of thioether (sulfide) groups is 1. The fourth-order valence-electron chi connectivity index (χ4n) is 3.07. The fraction of sp³-hybridized carbons (Fsp3) is 0.350. The van der Waals surface area contributed by atoms with Gasteiger partial charge in [0.2, 0.25) is 15.9 Å². The summed E-state index contributed by atoms with van der Waals surface area (Å²) in [5.41, 5.74) is 1.08. The molecule has 0 spiro atoms. The average Bonchev–Trinajstić information content (AvgIpc) is 2.72. The van der Waals surface area contributed by atoms with Crippen molar-refractivity contribution in [2.24, 2.45) is 0 Å². The maximum Gasteiger partial charge on any atom is 0.243 e. The van der Waals surface area contributed by atoms with Crippen LogP contribution in [0.5, 0.6) is 0 Å². The molecule has 0 bridgehead atoms. The lowest BCUT2D eigenvalue weighted by atomic mass is 10.2. The molecule has 1 aliphatic rings. The minimum Gasteiger partial charge on any atom is -0.339 e. The molecule has 2 aromatic rings. The van der Waals surface area contributed by atoms with E-state index in [-0.39, 0.29) is 11.2 Å². The Kier molecular flexibility index (Phi) is 7.04. The van der Waals surface area contributed by atoms with Crippen molar-refractivity contribution in [2.75, 3.05) is 26.2 Å². The lowest BCUT2D eigenvalue weighted by Gasteiger charge is -2.35. The number of carbonyl (C=O) groups excluding carboxylic acids is 1. The van der Waals surface area contributed by atoms with Gasteiger partial charge in [0.05, 0.1) is 10.1 Å². The van der Waals surface area contributed by atoms with Crippen LogP contribution in [0.25, 0.3) is 0 Å². The molecule has 1 atom stereocenters. The van der Waals surface area contributed by atoms with Gasteiger partial charge in [-0.05, 0) is 36.8 Å². The van der Waals surface area contributed by atoms with E-state index in [1.54, 1.807) is 47.0 Å². The first kappa shape index (κ1) is 21.2. The van der Waals surface area contributed by atoms with Gasteiger partial charge in [0.25, 0.3) is 0 Å². The van der Waals surface area contributed by atoms with Crippen molar-refractivity contribution in [3.05, 3.63) is 65.2 Å². The number of rotatable bonds is 6. The highest BCUT2D eigenvalue weighted by Gasteiger charge is 2.31. The molecule has 3 rings (SSSR count). The molecule has 8 heteroatoms. The average molecular weight is 439 g/mol. The highest BCUT2D eigenvalue weighted by atomic mass is 35.5. The molecule has 1 amide bonds. The largest absolute Gasteiger partial charge is 0.339 e. The predicted octanol–water partition coefficient (Wildman–Crippen LogP) is 3.49. The van der Waals surface area contributed by atoms with Crippen LogP contribution in [-0.4, -0.2) is 55.0 Å². The van der Waals surface area contributed by atoms with Crippen LogP contribution in [0.15, 0.2) is 59.5 Å². The Bertz CT molecular complexity index is 914. The Morgan fingerprint density at radius 1 is 1.07 bits per heavy atom. The number of carbonyl (C=O) groups is 1. The number of nitrogens with zero attached hydrogens (tertiary/aromatic N) is 2. The Morgan fingerprint density at radius 2 is 1.75 bits per heavy atom. The van der Waals surface area contributed by atoms with Gasteiger partial charge >= 0.3 is 0 Å². The zero-order chi connectivity index (χ0) is 20.1. The number of piperazine rings is 1. The van der Waals surface area contributed by atoms with Gasteiger partial charge in [-0.2, -0.15) is 4.31 Å². The minimum atomic E-state index is -3.50. The van der Waals surface area contributed by atoms with Gasteiger partial charge in [-0.15, -0.1) is 11.8 Å². The Labute approximate surface area is 175 Å². The smallest absolute Gasteiger partial charge is 0.243 e. The molecule has 1 saturated heterocycles. The van der Waals surface area contributed by atoms with Crippen molar-refractivity contribution >= 4 is 39.3 Å². The van der Waals surface area contributed by atoms with Crippen LogP contribution < -0.4 is 0 Å². The minimum absolute atomic E-state index is 0.0452. The van der Waals surface area contributed by atoms with E-state index in [1.165, 1.54) is 4.31 Å². The third-order valence-corrected chi connectivity index (χ3v) is 8.02. The van der Waals surface area contributed by atoms with Gasteiger partial charge in [0.1, 0.15) is 0 Å². The van der Waals surface area contributed by atoms with Crippen molar-refractivity contribution in [3.63, 3.8) is 0 Å². The van der Waals surface area contributed by atoms with Crippen molar-refractivity contribution < 1.29 is 13.2 Å². The third-order valence-electron chi connectivity index (χ3n) is 4.67. The van der Waals surface area contributed by atoms with Crippen LogP contribution in [0.3, 0.4) is 0 Å². The van der Waals surface area contributed by atoms with E-state index >= 15 is 0 Å². The maximum atomic E-state index is 12.7. The van der Waals surface area contributed by atoms with Crippen LogP contribution in [0, 0.1) is 0 Å². The predicted molar refractivity (Wildman–Crippen MR) is 114 cm³/mol. The maximum absolute atomic E-state index is 12.7. The zero-order valence-corrected chi connectivity index (χ0v) is 18.0. The molecular formula is C20H23ClN2O3S2. The van der Waals surface area contributed by atoms with E-state index in [4.69, 9.17) is 11.6 Å². The first-order valence-corrected chi connectivity index (χ1v) is 11.9. The molecule has 28 heavy (non-hydrogen) atoms. The third kappa shape index (κ3) is 5.08. The molecule has 0 aliphatic carbocycles. The molecular weight excluding hydrogens is 416 g/mol. The summed E-state index contributed by atoms with van der Waals surface area (Å²) in [7, 11) is -3.50. The zero-order valence-electron chi connectivity index (χ0n) is 15.6. The van der Waals surface area contributed by atoms with E-state index < -0.39 is 10.0 Å². The molecule has 0 radical (unpaired) electrons. The summed E-state index contributed by atoms with van der Waals surface area (Å²) in [5, 5.41) is 0.490. The summed E-state index contributed by atoms with van der Waals surface area (Å²) < 4.78 is 26.8. The highest BCUT2D eigenvalue weighted by Crippen LogP contribution is 2.23. The second-order valence-electron chi connectivity index (χ2n) is 6.63. The number of hydrogen-bond acceptors (Lipinski definition) is 4. The molecule has 1 fully saturated rings. The standard InChI is InChI=1S/C20H23ClN2O3S2/c1-16(27-15-17-6-5-7-18(21)14-17)20(24)22-10-12-23(13-11-22)28(25,26)19-8-3-2-4-9-19/h2-9,14,16H,10-13,15H2,1H3/t16-/m1/s1. The van der Waals surface area contributed by atoms with Gasteiger partial charge in [-0.25, -0.2) is 8.42 Å². The first-order valence-electron chi connectivity index (χ1n) is 9.08. The van der Waals surface area contributed by atoms with Gasteiger partial charge in [-0.3, -0.25) is 4.79 Å². The van der Waals surface area contributed by atoms with Crippen LogP contribution in [0.1, 0.15) is 12.5 Å². The summed E-state index contributed by atoms with van der Waals surface area (Å²) in [6.07, 6.45) is 0. The van der Waals surface area contributed by atoms with Crippen LogP contribution in [0.4, 0.5) is 0 Å². The van der Waals surface area contributed by atoms with Crippen molar-refractivity contribution in [3.8, 4) is 0 Å². The van der Waals surface area contributed by atoms with Gasteiger partial charge in [0, 0.05) is 37.0 Å². The summed E-state index contributed by atoms with van der Waals surface area (Å²) in [6.45, 7) is 3.34.